The zero-order valence-electron chi connectivity index (χ0n) is 10.5. The van der Waals surface area contributed by atoms with E-state index in [1.807, 2.05) is 12.1 Å². The molecule has 5 heteroatoms. The van der Waals surface area contributed by atoms with Crippen LogP contribution >= 0.6 is 11.3 Å². The zero-order valence-corrected chi connectivity index (χ0v) is 11.3. The molecular weight excluding hydrogens is 260 g/mol. The number of thiazole rings is 1. The molecule has 1 aliphatic rings. The van der Waals surface area contributed by atoms with Crippen LogP contribution < -0.4 is 5.73 Å². The van der Waals surface area contributed by atoms with E-state index in [0.717, 1.165) is 15.8 Å². The highest BCUT2D eigenvalue weighted by molar-refractivity contribution is 7.18. The minimum absolute atomic E-state index is 0.106. The summed E-state index contributed by atoms with van der Waals surface area (Å²) in [6.45, 7) is 0. The first kappa shape index (κ1) is 12.6. The van der Waals surface area contributed by atoms with Gasteiger partial charge in [0.1, 0.15) is 0 Å². The van der Waals surface area contributed by atoms with Crippen molar-refractivity contribution in [1.29, 1.82) is 0 Å². The van der Waals surface area contributed by atoms with E-state index in [0.29, 0.717) is 12.3 Å². The minimum Gasteiger partial charge on any atom is -0.481 e. The van der Waals surface area contributed by atoms with E-state index in [2.05, 4.69) is 11.1 Å². The second kappa shape index (κ2) is 4.90. The predicted octanol–water partition coefficient (Wildman–Crippen LogP) is 3.04. The molecule has 1 aliphatic carbocycles. The van der Waals surface area contributed by atoms with Gasteiger partial charge in [0.2, 0.25) is 0 Å². The van der Waals surface area contributed by atoms with E-state index in [9.17, 15) is 4.79 Å². The van der Waals surface area contributed by atoms with Crippen molar-refractivity contribution in [2.75, 3.05) is 0 Å². The summed E-state index contributed by atoms with van der Waals surface area (Å²) in [6.07, 6.45) is 3.08. The molecule has 2 aromatic rings. The zero-order chi connectivity index (χ0) is 13.4. The summed E-state index contributed by atoms with van der Waals surface area (Å²) in [5.74, 6) is -0.133. The SMILES string of the molecule is NC(CCC(=O)O)c1ccc2nc(C3CC3)sc2c1. The van der Waals surface area contributed by atoms with Gasteiger partial charge in [-0.05, 0) is 37.0 Å². The first-order chi connectivity index (χ1) is 9.13. The van der Waals surface area contributed by atoms with E-state index >= 15 is 0 Å². The van der Waals surface area contributed by atoms with Gasteiger partial charge >= 0.3 is 5.97 Å². The molecule has 3 N–H and O–H groups in total. The number of carboxylic acid groups (broad SMARTS) is 1. The molecule has 4 nitrogen and oxygen atoms in total. The quantitative estimate of drug-likeness (QED) is 0.880. The second-order valence-corrected chi connectivity index (χ2v) is 6.15. The fourth-order valence-corrected chi connectivity index (χ4v) is 3.33. The Bertz CT molecular complexity index is 619. The lowest BCUT2D eigenvalue weighted by atomic mass is 10.0. The van der Waals surface area contributed by atoms with E-state index < -0.39 is 5.97 Å². The van der Waals surface area contributed by atoms with Crippen LogP contribution in [0.2, 0.25) is 0 Å². The highest BCUT2D eigenvalue weighted by atomic mass is 32.1. The fraction of sp³-hybridized carbons (Fsp3) is 0.429. The predicted molar refractivity (Wildman–Crippen MR) is 75.4 cm³/mol. The summed E-state index contributed by atoms with van der Waals surface area (Å²) in [5, 5.41) is 9.92. The maximum absolute atomic E-state index is 10.6. The summed E-state index contributed by atoms with van der Waals surface area (Å²) in [4.78, 5) is 15.2. The van der Waals surface area contributed by atoms with Crippen molar-refractivity contribution in [1.82, 2.24) is 4.98 Å². The number of rotatable bonds is 5. The average Bonchev–Trinajstić information content (AvgIpc) is 3.15. The van der Waals surface area contributed by atoms with E-state index in [1.54, 1.807) is 11.3 Å². The Kier molecular flexibility index (Phi) is 3.24. The smallest absolute Gasteiger partial charge is 0.303 e. The molecule has 1 aromatic carbocycles. The van der Waals surface area contributed by atoms with Crippen molar-refractivity contribution in [3.05, 3.63) is 28.8 Å². The topological polar surface area (TPSA) is 76.2 Å². The van der Waals surface area contributed by atoms with Crippen LogP contribution in [0.5, 0.6) is 0 Å². The van der Waals surface area contributed by atoms with Gasteiger partial charge in [0, 0.05) is 18.4 Å². The van der Waals surface area contributed by atoms with Crippen LogP contribution in [0.4, 0.5) is 0 Å². The number of nitrogens with zero attached hydrogens (tertiary/aromatic N) is 1. The Morgan fingerprint density at radius 2 is 2.32 bits per heavy atom. The maximum atomic E-state index is 10.6. The van der Waals surface area contributed by atoms with Gasteiger partial charge in [0.15, 0.2) is 0 Å². The van der Waals surface area contributed by atoms with Crippen molar-refractivity contribution in [2.24, 2.45) is 5.73 Å². The molecule has 3 rings (SSSR count). The molecule has 0 aliphatic heterocycles. The lowest BCUT2D eigenvalue weighted by Crippen LogP contribution is -2.12. The Morgan fingerprint density at radius 1 is 1.53 bits per heavy atom. The van der Waals surface area contributed by atoms with Crippen molar-refractivity contribution in [3.8, 4) is 0 Å². The van der Waals surface area contributed by atoms with Gasteiger partial charge in [-0.1, -0.05) is 6.07 Å². The summed E-state index contributed by atoms with van der Waals surface area (Å²) in [7, 11) is 0. The lowest BCUT2D eigenvalue weighted by molar-refractivity contribution is -0.137. The number of carbonyl (C=O) groups is 1. The molecule has 0 bridgehead atoms. The van der Waals surface area contributed by atoms with Crippen LogP contribution in [0.3, 0.4) is 0 Å². The second-order valence-electron chi connectivity index (χ2n) is 5.09. The van der Waals surface area contributed by atoms with Gasteiger partial charge in [-0.25, -0.2) is 4.98 Å². The summed E-state index contributed by atoms with van der Waals surface area (Å²) < 4.78 is 1.16. The molecule has 1 unspecified atom stereocenters. The number of fused-ring (bicyclic) bond motifs is 1. The molecule has 1 saturated carbocycles. The van der Waals surface area contributed by atoms with E-state index in [-0.39, 0.29) is 12.5 Å². The molecule has 0 saturated heterocycles. The number of hydrogen-bond donors (Lipinski definition) is 2. The minimum atomic E-state index is -0.801. The van der Waals surface area contributed by atoms with Crippen LogP contribution in [0.25, 0.3) is 10.2 Å². The third kappa shape index (κ3) is 2.77. The number of carboxylic acids is 1. The number of aliphatic carboxylic acids is 1. The highest BCUT2D eigenvalue weighted by Gasteiger charge is 2.27. The Balaban J connectivity index is 1.81. The number of aromatic nitrogens is 1. The van der Waals surface area contributed by atoms with Crippen molar-refractivity contribution >= 4 is 27.5 Å². The number of nitrogens with two attached hydrogens (primary N) is 1. The molecule has 1 aromatic heterocycles. The molecule has 19 heavy (non-hydrogen) atoms. The largest absolute Gasteiger partial charge is 0.481 e. The molecule has 1 heterocycles. The molecule has 0 spiro atoms. The Morgan fingerprint density at radius 3 is 3.00 bits per heavy atom. The van der Waals surface area contributed by atoms with E-state index in [1.165, 1.54) is 17.8 Å². The third-order valence-electron chi connectivity index (χ3n) is 3.45. The van der Waals surface area contributed by atoms with Crippen LogP contribution in [0.15, 0.2) is 18.2 Å². The van der Waals surface area contributed by atoms with Crippen molar-refractivity contribution in [3.63, 3.8) is 0 Å². The first-order valence-corrected chi connectivity index (χ1v) is 7.33. The molecule has 1 atom stereocenters. The standard InChI is InChI=1S/C14H16N2O2S/c15-10(4-6-13(17)18)9-3-5-11-12(7-9)19-14(16-11)8-1-2-8/h3,5,7-8,10H,1-2,4,6,15H2,(H,17,18). The third-order valence-corrected chi connectivity index (χ3v) is 4.63. The molecule has 100 valence electrons. The summed E-state index contributed by atoms with van der Waals surface area (Å²) >= 11 is 1.74. The van der Waals surface area contributed by atoms with Crippen LogP contribution in [0, 0.1) is 0 Å². The normalized spacial score (nSPS) is 16.7. The van der Waals surface area contributed by atoms with Crippen molar-refractivity contribution < 1.29 is 9.90 Å². The molecular formula is C14H16N2O2S. The fourth-order valence-electron chi connectivity index (χ4n) is 2.14. The number of benzene rings is 1. The summed E-state index contributed by atoms with van der Waals surface area (Å²) in [6, 6.07) is 5.80. The van der Waals surface area contributed by atoms with Gasteiger partial charge in [-0.3, -0.25) is 4.79 Å². The van der Waals surface area contributed by atoms with Gasteiger partial charge in [-0.15, -0.1) is 11.3 Å². The van der Waals surface area contributed by atoms with Crippen molar-refractivity contribution in [2.45, 2.75) is 37.6 Å². The van der Waals surface area contributed by atoms with Crippen LogP contribution in [-0.2, 0) is 4.79 Å². The van der Waals surface area contributed by atoms with E-state index in [4.69, 9.17) is 10.8 Å². The maximum Gasteiger partial charge on any atom is 0.303 e. The lowest BCUT2D eigenvalue weighted by Gasteiger charge is -2.10. The Labute approximate surface area is 115 Å². The van der Waals surface area contributed by atoms with Gasteiger partial charge in [-0.2, -0.15) is 0 Å². The summed E-state index contributed by atoms with van der Waals surface area (Å²) in [5.41, 5.74) is 8.06. The Hall–Kier alpha value is -1.46. The molecule has 0 radical (unpaired) electrons. The van der Waals surface area contributed by atoms with Gasteiger partial charge in [0.25, 0.3) is 0 Å². The molecule has 1 fully saturated rings. The average molecular weight is 276 g/mol. The van der Waals surface area contributed by atoms with Gasteiger partial charge < -0.3 is 10.8 Å². The van der Waals surface area contributed by atoms with Crippen LogP contribution in [-0.4, -0.2) is 16.1 Å². The monoisotopic (exact) mass is 276 g/mol. The number of hydrogen-bond acceptors (Lipinski definition) is 4. The highest BCUT2D eigenvalue weighted by Crippen LogP contribution is 2.43. The van der Waals surface area contributed by atoms with Crippen LogP contribution in [0.1, 0.15) is 48.2 Å². The first-order valence-electron chi connectivity index (χ1n) is 6.51. The molecule has 0 amide bonds. The van der Waals surface area contributed by atoms with Gasteiger partial charge in [0.05, 0.1) is 15.2 Å².